The number of carbonyl (C=O) groups excluding carboxylic acids is 3. The van der Waals surface area contributed by atoms with Crippen LogP contribution in [0, 0.1) is 5.92 Å². The van der Waals surface area contributed by atoms with Crippen molar-refractivity contribution in [2.24, 2.45) is 5.92 Å². The van der Waals surface area contributed by atoms with Gasteiger partial charge in [0.25, 0.3) is 0 Å². The highest BCUT2D eigenvalue weighted by atomic mass is 16.2. The van der Waals surface area contributed by atoms with E-state index in [1.54, 1.807) is 11.9 Å². The molecular weight excluding hydrogens is 318 g/mol. The Kier molecular flexibility index (Phi) is 5.36. The first-order chi connectivity index (χ1) is 12.0. The van der Waals surface area contributed by atoms with E-state index in [-0.39, 0.29) is 23.6 Å². The molecule has 6 nitrogen and oxygen atoms in total. The number of amides is 3. The molecule has 134 valence electrons. The van der Waals surface area contributed by atoms with E-state index in [2.05, 4.69) is 0 Å². The van der Waals surface area contributed by atoms with Crippen molar-refractivity contribution in [1.29, 1.82) is 0 Å². The maximum Gasteiger partial charge on any atom is 0.227 e. The van der Waals surface area contributed by atoms with Gasteiger partial charge in [-0.15, -0.1) is 0 Å². The Bertz CT molecular complexity index is 639. The average Bonchev–Trinajstić information content (AvgIpc) is 2.64. The van der Waals surface area contributed by atoms with Crippen molar-refractivity contribution in [2.45, 2.75) is 19.3 Å². The van der Waals surface area contributed by atoms with Gasteiger partial charge >= 0.3 is 0 Å². The molecular formula is C19H25N3O3. The number of likely N-dealkylation sites (tertiary alicyclic amines) is 1. The molecule has 0 N–H and O–H groups in total. The Balaban J connectivity index is 1.49. The molecule has 2 fully saturated rings. The molecule has 3 amide bonds. The minimum atomic E-state index is -0.199. The predicted molar refractivity (Wildman–Crippen MR) is 93.7 cm³/mol. The van der Waals surface area contributed by atoms with Crippen LogP contribution >= 0.6 is 0 Å². The Morgan fingerprint density at radius 1 is 1.00 bits per heavy atom. The average molecular weight is 343 g/mol. The Morgan fingerprint density at radius 2 is 1.64 bits per heavy atom. The van der Waals surface area contributed by atoms with Gasteiger partial charge in [-0.2, -0.15) is 0 Å². The van der Waals surface area contributed by atoms with E-state index in [1.165, 1.54) is 0 Å². The van der Waals surface area contributed by atoms with Crippen molar-refractivity contribution in [2.75, 3.05) is 39.8 Å². The van der Waals surface area contributed by atoms with Crippen LogP contribution < -0.4 is 0 Å². The lowest BCUT2D eigenvalue weighted by Crippen LogP contribution is -2.53. The summed E-state index contributed by atoms with van der Waals surface area (Å²) in [5.41, 5.74) is 1.01. The lowest BCUT2D eigenvalue weighted by Gasteiger charge is -2.38. The van der Waals surface area contributed by atoms with Gasteiger partial charge in [0.05, 0.1) is 6.42 Å². The van der Waals surface area contributed by atoms with Gasteiger partial charge in [0.2, 0.25) is 17.7 Å². The summed E-state index contributed by atoms with van der Waals surface area (Å²) in [6.45, 7) is 2.89. The van der Waals surface area contributed by atoms with Gasteiger partial charge < -0.3 is 14.7 Å². The number of hydrogen-bond acceptors (Lipinski definition) is 3. The predicted octanol–water partition coefficient (Wildman–Crippen LogP) is 0.768. The van der Waals surface area contributed by atoms with Gasteiger partial charge in [-0.1, -0.05) is 30.3 Å². The van der Waals surface area contributed by atoms with Crippen LogP contribution in [0.2, 0.25) is 0 Å². The van der Waals surface area contributed by atoms with E-state index in [4.69, 9.17) is 0 Å². The number of hydrogen-bond donors (Lipinski definition) is 0. The Hall–Kier alpha value is -2.37. The van der Waals surface area contributed by atoms with Crippen LogP contribution in [0.15, 0.2) is 30.3 Å². The normalized spacial score (nSPS) is 21.4. The van der Waals surface area contributed by atoms with E-state index in [9.17, 15) is 14.4 Å². The number of piperazine rings is 1. The summed E-state index contributed by atoms with van der Waals surface area (Å²) >= 11 is 0. The second-order valence-corrected chi connectivity index (χ2v) is 6.87. The van der Waals surface area contributed by atoms with Gasteiger partial charge in [0.1, 0.15) is 0 Å². The van der Waals surface area contributed by atoms with Crippen LogP contribution in [0.4, 0.5) is 0 Å². The first kappa shape index (κ1) is 17.5. The van der Waals surface area contributed by atoms with Crippen molar-refractivity contribution < 1.29 is 14.4 Å². The molecule has 2 aliphatic heterocycles. The van der Waals surface area contributed by atoms with E-state index < -0.39 is 0 Å². The standard InChI is InChI=1S/C19H25N3O3/c1-20-8-7-16(14-17(20)23)19(25)22-11-9-21(10-12-22)18(24)13-15-5-3-2-4-6-15/h2-6,16H,7-14H2,1H3. The second kappa shape index (κ2) is 7.68. The fourth-order valence-corrected chi connectivity index (χ4v) is 3.47. The van der Waals surface area contributed by atoms with Gasteiger partial charge in [0, 0.05) is 52.1 Å². The zero-order valence-electron chi connectivity index (χ0n) is 14.7. The molecule has 6 heteroatoms. The van der Waals surface area contributed by atoms with Crippen LogP contribution in [0.25, 0.3) is 0 Å². The lowest BCUT2D eigenvalue weighted by atomic mass is 9.94. The second-order valence-electron chi connectivity index (χ2n) is 6.87. The van der Waals surface area contributed by atoms with Crippen molar-refractivity contribution in [3.63, 3.8) is 0 Å². The molecule has 2 aliphatic rings. The summed E-state index contributed by atoms with van der Waals surface area (Å²) in [5.74, 6) is 0.0147. The quantitative estimate of drug-likeness (QED) is 0.814. The fraction of sp³-hybridized carbons (Fsp3) is 0.526. The molecule has 0 aromatic heterocycles. The number of rotatable bonds is 3. The zero-order chi connectivity index (χ0) is 17.8. The summed E-state index contributed by atoms with van der Waals surface area (Å²) in [7, 11) is 1.78. The molecule has 0 saturated carbocycles. The summed E-state index contributed by atoms with van der Waals surface area (Å²) in [4.78, 5) is 42.2. The maximum absolute atomic E-state index is 12.6. The number of nitrogens with zero attached hydrogens (tertiary/aromatic N) is 3. The smallest absolute Gasteiger partial charge is 0.227 e. The van der Waals surface area contributed by atoms with E-state index in [0.29, 0.717) is 45.6 Å². The molecule has 1 atom stereocenters. The lowest BCUT2D eigenvalue weighted by molar-refractivity contribution is -0.147. The number of benzene rings is 1. The van der Waals surface area contributed by atoms with Gasteiger partial charge in [0.15, 0.2) is 0 Å². The first-order valence-corrected chi connectivity index (χ1v) is 8.89. The van der Waals surface area contributed by atoms with Gasteiger partial charge in [-0.25, -0.2) is 0 Å². The fourth-order valence-electron chi connectivity index (χ4n) is 3.47. The Labute approximate surface area is 148 Å². The molecule has 1 aromatic rings. The van der Waals surface area contributed by atoms with E-state index in [0.717, 1.165) is 12.0 Å². The van der Waals surface area contributed by atoms with Crippen molar-refractivity contribution in [3.05, 3.63) is 35.9 Å². The molecule has 1 aromatic carbocycles. The highest BCUT2D eigenvalue weighted by molar-refractivity contribution is 5.87. The highest BCUT2D eigenvalue weighted by Crippen LogP contribution is 2.20. The maximum atomic E-state index is 12.6. The summed E-state index contributed by atoms with van der Waals surface area (Å²) in [6, 6.07) is 9.71. The van der Waals surface area contributed by atoms with E-state index in [1.807, 2.05) is 40.1 Å². The third-order valence-electron chi connectivity index (χ3n) is 5.15. The third kappa shape index (κ3) is 4.18. The topological polar surface area (TPSA) is 60.9 Å². The van der Waals surface area contributed by atoms with Crippen LogP contribution in [-0.4, -0.2) is 72.2 Å². The number of piperidine rings is 1. The SMILES string of the molecule is CN1CCC(C(=O)N2CCN(C(=O)Cc3ccccc3)CC2)CC1=O. The van der Waals surface area contributed by atoms with Crippen molar-refractivity contribution in [1.82, 2.24) is 14.7 Å². The molecule has 2 saturated heterocycles. The molecule has 3 rings (SSSR count). The Morgan fingerprint density at radius 3 is 2.28 bits per heavy atom. The van der Waals surface area contributed by atoms with Crippen molar-refractivity contribution >= 4 is 17.7 Å². The minimum Gasteiger partial charge on any atom is -0.346 e. The van der Waals surface area contributed by atoms with Crippen LogP contribution in [0.3, 0.4) is 0 Å². The molecule has 25 heavy (non-hydrogen) atoms. The first-order valence-electron chi connectivity index (χ1n) is 8.89. The molecule has 0 aliphatic carbocycles. The van der Waals surface area contributed by atoms with Crippen LogP contribution in [0.1, 0.15) is 18.4 Å². The van der Waals surface area contributed by atoms with Gasteiger partial charge in [-0.3, -0.25) is 14.4 Å². The summed E-state index contributed by atoms with van der Waals surface area (Å²) in [6.07, 6.45) is 1.44. The molecule has 2 heterocycles. The van der Waals surface area contributed by atoms with E-state index >= 15 is 0 Å². The highest BCUT2D eigenvalue weighted by Gasteiger charge is 2.33. The minimum absolute atomic E-state index is 0.0428. The molecule has 0 bridgehead atoms. The molecule has 1 unspecified atom stereocenters. The summed E-state index contributed by atoms with van der Waals surface area (Å²) in [5, 5.41) is 0. The van der Waals surface area contributed by atoms with Crippen molar-refractivity contribution in [3.8, 4) is 0 Å². The molecule has 0 spiro atoms. The zero-order valence-corrected chi connectivity index (χ0v) is 14.7. The number of carbonyl (C=O) groups is 3. The third-order valence-corrected chi connectivity index (χ3v) is 5.15. The monoisotopic (exact) mass is 343 g/mol. The van der Waals surface area contributed by atoms with Gasteiger partial charge in [-0.05, 0) is 12.0 Å². The van der Waals surface area contributed by atoms with Crippen LogP contribution in [-0.2, 0) is 20.8 Å². The summed E-state index contributed by atoms with van der Waals surface area (Å²) < 4.78 is 0. The largest absolute Gasteiger partial charge is 0.346 e. The van der Waals surface area contributed by atoms with Crippen LogP contribution in [0.5, 0.6) is 0 Å². The molecule has 0 radical (unpaired) electrons.